The summed E-state index contributed by atoms with van der Waals surface area (Å²) in [6.45, 7) is 12.3. The molecular formula is C17H35BF6N2NaO2. The Balaban J connectivity index is -0.0000000518. The second kappa shape index (κ2) is 28.0. The molecule has 12 heteroatoms. The van der Waals surface area contributed by atoms with E-state index in [4.69, 9.17) is 10.8 Å². The average Bonchev–Trinajstić information content (AvgIpc) is 2.53. The summed E-state index contributed by atoms with van der Waals surface area (Å²) in [7, 11) is 2.24. The van der Waals surface area contributed by atoms with Crippen molar-refractivity contribution in [3.05, 3.63) is 24.3 Å². The summed E-state index contributed by atoms with van der Waals surface area (Å²) in [5, 5.41) is 9.86. The summed E-state index contributed by atoms with van der Waals surface area (Å²) in [6.07, 6.45) is -9.53. The Morgan fingerprint density at radius 2 is 1.38 bits per heavy atom. The van der Waals surface area contributed by atoms with E-state index in [9.17, 15) is 26.3 Å². The first-order chi connectivity index (χ1) is 12.2. The first-order valence-electron chi connectivity index (χ1n) is 8.01. The Morgan fingerprint density at radius 1 is 1.00 bits per heavy atom. The van der Waals surface area contributed by atoms with E-state index in [0.29, 0.717) is 19.6 Å². The zero-order chi connectivity index (χ0) is 22.5. The summed E-state index contributed by atoms with van der Waals surface area (Å²) in [5.41, 5.74) is 7.04. The van der Waals surface area contributed by atoms with E-state index in [1.54, 1.807) is 0 Å². The van der Waals surface area contributed by atoms with Crippen LogP contribution in [0, 0.1) is 0 Å². The maximum atomic E-state index is 11.6. The van der Waals surface area contributed by atoms with Crippen LogP contribution in [-0.2, 0) is 4.74 Å². The van der Waals surface area contributed by atoms with Crippen molar-refractivity contribution >= 4 is 8.41 Å². The molecule has 0 aromatic rings. The van der Waals surface area contributed by atoms with Crippen molar-refractivity contribution in [3.63, 3.8) is 0 Å². The van der Waals surface area contributed by atoms with Gasteiger partial charge in [-0.25, -0.2) is 0 Å². The second-order valence-electron chi connectivity index (χ2n) is 5.37. The smallest absolute Gasteiger partial charge is 1.00 e. The zero-order valence-corrected chi connectivity index (χ0v) is 20.1. The molecule has 0 atom stereocenters. The number of halogens is 6. The molecular weight excluding hydrogens is 412 g/mol. The van der Waals surface area contributed by atoms with Crippen molar-refractivity contribution < 1.29 is 67.2 Å². The summed E-state index contributed by atoms with van der Waals surface area (Å²) < 4.78 is 72.5. The molecule has 0 saturated carbocycles. The molecule has 29 heavy (non-hydrogen) atoms. The van der Waals surface area contributed by atoms with Gasteiger partial charge in [-0.2, -0.15) is 26.3 Å². The van der Waals surface area contributed by atoms with Crippen LogP contribution in [0.5, 0.6) is 0 Å². The Labute approximate surface area is 196 Å². The number of methoxy groups -OCH3 is 1. The minimum absolute atomic E-state index is 0. The third kappa shape index (κ3) is 74.0. The van der Waals surface area contributed by atoms with Gasteiger partial charge in [0.05, 0.1) is 13.0 Å². The summed E-state index contributed by atoms with van der Waals surface area (Å²) in [5.74, 6) is 0. The molecule has 0 heterocycles. The van der Waals surface area contributed by atoms with E-state index in [0.717, 1.165) is 18.3 Å². The first-order valence-corrected chi connectivity index (χ1v) is 8.01. The summed E-state index contributed by atoms with van der Waals surface area (Å²) in [6, 6.07) is 0. The van der Waals surface area contributed by atoms with Crippen molar-refractivity contribution in [1.82, 2.24) is 5.32 Å². The molecule has 0 aromatic carbocycles. The molecule has 0 amide bonds. The van der Waals surface area contributed by atoms with Crippen molar-refractivity contribution in [2.24, 2.45) is 5.73 Å². The van der Waals surface area contributed by atoms with Gasteiger partial charge in [-0.05, 0) is 26.8 Å². The second-order valence-corrected chi connectivity index (χ2v) is 5.37. The van der Waals surface area contributed by atoms with Gasteiger partial charge in [-0.3, -0.25) is 0 Å². The van der Waals surface area contributed by atoms with Gasteiger partial charge in [0.1, 0.15) is 0 Å². The van der Waals surface area contributed by atoms with Crippen molar-refractivity contribution in [3.8, 4) is 0 Å². The largest absolute Gasteiger partial charge is 1.00 e. The van der Waals surface area contributed by atoms with Crippen LogP contribution in [0.25, 0.3) is 0 Å². The molecule has 0 aliphatic heterocycles. The van der Waals surface area contributed by atoms with Crippen LogP contribution >= 0.6 is 0 Å². The van der Waals surface area contributed by atoms with Gasteiger partial charge < -0.3 is 22.3 Å². The minimum atomic E-state index is -4.07. The normalized spacial score (nSPS) is 9.66. The van der Waals surface area contributed by atoms with Gasteiger partial charge in [-0.1, -0.05) is 24.3 Å². The SMILES string of the molecule is C=C(C)CN.C=C(C)CNCCCC(F)(F)F.CO.COCCC(F)(F)F.[B].[H-].[Na+]. The zero-order valence-electron chi connectivity index (χ0n) is 19.1. The van der Waals surface area contributed by atoms with E-state index in [2.05, 4.69) is 23.2 Å². The number of nitrogens with one attached hydrogen (secondary N) is 1. The molecule has 4 N–H and O–H groups in total. The molecule has 0 aliphatic carbocycles. The van der Waals surface area contributed by atoms with Gasteiger partial charge in [0.25, 0.3) is 0 Å². The van der Waals surface area contributed by atoms with Crippen molar-refractivity contribution in [2.75, 3.05) is 40.5 Å². The maximum Gasteiger partial charge on any atom is 1.00 e. The third-order valence-corrected chi connectivity index (χ3v) is 2.18. The standard InChI is InChI=1S/C8H14F3N.C4H7F3O.C4H9N.CH4O.B.Na.H/c1-7(2)6-12-5-3-4-8(9,10)11;1-8-3-2-4(5,6)7;1-4(2)3-5;1-2;;;/h12H,1,3-6H2,2H3;2-3H2,1H3;1,3,5H2,2H3;2H,1H3;;;/q;;;;;+1;-1. The van der Waals surface area contributed by atoms with Crippen LogP contribution in [0.1, 0.15) is 34.5 Å². The number of rotatable bonds is 8. The molecule has 0 bridgehead atoms. The predicted octanol–water partition coefficient (Wildman–Crippen LogP) is 0.945. The molecule has 0 fully saturated rings. The Kier molecular flexibility index (Phi) is 41.4. The Bertz CT molecular complexity index is 364. The van der Waals surface area contributed by atoms with Crippen LogP contribution in [0.15, 0.2) is 24.3 Å². The van der Waals surface area contributed by atoms with Crippen LogP contribution in [0.4, 0.5) is 26.3 Å². The van der Waals surface area contributed by atoms with Gasteiger partial charge in [-0.15, -0.1) is 0 Å². The molecule has 0 aliphatic rings. The van der Waals surface area contributed by atoms with Crippen molar-refractivity contribution in [1.29, 1.82) is 0 Å². The van der Waals surface area contributed by atoms with Crippen LogP contribution in [-0.4, -0.2) is 66.3 Å². The maximum absolute atomic E-state index is 11.6. The fourth-order valence-electron chi connectivity index (χ4n) is 0.933. The number of ether oxygens (including phenoxy) is 1. The number of aliphatic hydroxyl groups excluding tert-OH is 1. The number of hydrogen-bond donors (Lipinski definition) is 3. The molecule has 0 spiro atoms. The Hall–Kier alpha value is -0.0351. The van der Waals surface area contributed by atoms with E-state index < -0.39 is 25.2 Å². The first kappa shape index (κ1) is 43.0. The van der Waals surface area contributed by atoms with E-state index in [1.807, 2.05) is 13.8 Å². The Morgan fingerprint density at radius 3 is 1.59 bits per heavy atom. The van der Waals surface area contributed by atoms with E-state index >= 15 is 0 Å². The molecule has 0 aromatic heterocycles. The van der Waals surface area contributed by atoms with Crippen LogP contribution in [0.2, 0.25) is 0 Å². The van der Waals surface area contributed by atoms with E-state index in [1.165, 1.54) is 7.11 Å². The van der Waals surface area contributed by atoms with Gasteiger partial charge in [0.15, 0.2) is 0 Å². The molecule has 0 unspecified atom stereocenters. The van der Waals surface area contributed by atoms with Crippen LogP contribution < -0.4 is 40.6 Å². The molecule has 0 rings (SSSR count). The summed E-state index contributed by atoms with van der Waals surface area (Å²) >= 11 is 0. The third-order valence-electron chi connectivity index (χ3n) is 2.18. The number of hydrogen-bond acceptors (Lipinski definition) is 4. The van der Waals surface area contributed by atoms with Crippen LogP contribution in [0.3, 0.4) is 0 Å². The number of nitrogens with two attached hydrogens (primary N) is 1. The van der Waals surface area contributed by atoms with Gasteiger partial charge >= 0.3 is 41.9 Å². The monoisotopic (exact) mass is 447 g/mol. The quantitative estimate of drug-likeness (QED) is 0.224. The van der Waals surface area contributed by atoms with E-state index in [-0.39, 0.29) is 52.4 Å². The van der Waals surface area contributed by atoms with Gasteiger partial charge in [0, 0.05) is 42.1 Å². The van der Waals surface area contributed by atoms with Gasteiger partial charge in [0.2, 0.25) is 0 Å². The minimum Gasteiger partial charge on any atom is -1.00 e. The molecule has 171 valence electrons. The molecule has 3 radical (unpaired) electrons. The molecule has 4 nitrogen and oxygen atoms in total. The summed E-state index contributed by atoms with van der Waals surface area (Å²) in [4.78, 5) is 0. The molecule has 0 saturated heterocycles. The fourth-order valence-corrected chi connectivity index (χ4v) is 0.933. The average molecular weight is 447 g/mol. The number of alkyl halides is 6. The van der Waals surface area contributed by atoms with Crippen molar-refractivity contribution in [2.45, 2.75) is 45.5 Å². The predicted molar refractivity (Wildman–Crippen MR) is 104 cm³/mol. The topological polar surface area (TPSA) is 67.5 Å². The fraction of sp³-hybridized carbons (Fsp3) is 0.765. The number of aliphatic hydroxyl groups is 1.